The van der Waals surface area contributed by atoms with Crippen molar-refractivity contribution in [1.29, 1.82) is 0 Å². The van der Waals surface area contributed by atoms with Crippen LogP contribution in [0.1, 0.15) is 132 Å². The molecule has 0 radical (unpaired) electrons. The molecule has 5 aliphatic rings. The molecule has 5 atom stereocenters. The van der Waals surface area contributed by atoms with Crippen LogP contribution in [0.5, 0.6) is 0 Å². The number of benzene rings is 2. The number of hydrogen-bond donors (Lipinski definition) is 1. The topological polar surface area (TPSA) is 45.1 Å². The van der Waals surface area contributed by atoms with Crippen LogP contribution in [-0.2, 0) is 23.1 Å². The Balaban J connectivity index is 1.41. The van der Waals surface area contributed by atoms with Crippen molar-refractivity contribution in [3.8, 4) is 0 Å². The Kier molecular flexibility index (Phi) is 9.23. The summed E-state index contributed by atoms with van der Waals surface area (Å²) in [5.41, 5.74) is 12.8. The van der Waals surface area contributed by atoms with E-state index < -0.39 is 0 Å². The summed E-state index contributed by atoms with van der Waals surface area (Å²) >= 11 is 0. The molecule has 268 valence electrons. The number of piperidine rings is 1. The minimum Gasteiger partial charge on any atom is -0.371 e. The van der Waals surface area contributed by atoms with E-state index in [9.17, 15) is 9.59 Å². The van der Waals surface area contributed by atoms with Gasteiger partial charge < -0.3 is 14.7 Å². The molecule has 2 aromatic carbocycles. The van der Waals surface area contributed by atoms with Crippen molar-refractivity contribution in [2.45, 2.75) is 117 Å². The van der Waals surface area contributed by atoms with Gasteiger partial charge in [0.1, 0.15) is 11.5 Å². The van der Waals surface area contributed by atoms with E-state index in [0.29, 0.717) is 31.2 Å². The molecule has 7 rings (SSSR count). The van der Waals surface area contributed by atoms with Gasteiger partial charge in [0, 0.05) is 73.9 Å². The predicted molar refractivity (Wildman–Crippen MR) is 205 cm³/mol. The minimum absolute atomic E-state index is 0.0305. The minimum atomic E-state index is -0.0805. The van der Waals surface area contributed by atoms with Crippen LogP contribution in [0.2, 0.25) is 0 Å². The number of carbonyl (C=O) groups excluding carboxylic acids is 2. The van der Waals surface area contributed by atoms with Gasteiger partial charge in [0.25, 0.3) is 5.91 Å². The largest absolute Gasteiger partial charge is 0.371 e. The zero-order valence-corrected chi connectivity index (χ0v) is 32.4. The number of fused-ring (bicyclic) bond motifs is 4. The standard InChI is InChI=1S/C45H61N3O2/c1-10-48-38-26-37-35(25-34(38)29(4)27-44(48,5)6)40(31-17-11-12-18-32(31)43(50)46(9)21-15-20-39(49)28(2)3)36-24-30-16-13-22-47-23-14-19-33(42(30)47)41(36)45(37,7)8/h11-12,17-18,24-26,28-29,34,37,40H,10,13-16,19-23,27H2,1-9H3/p+1. The third-order valence-corrected chi connectivity index (χ3v) is 13.4. The van der Waals surface area contributed by atoms with Gasteiger partial charge in [0.2, 0.25) is 0 Å². The fourth-order valence-electron chi connectivity index (χ4n) is 11.2. The van der Waals surface area contributed by atoms with Crippen LogP contribution in [0.3, 0.4) is 0 Å². The molecule has 5 unspecified atom stereocenters. The number of quaternary nitrogens is 1. The highest BCUT2D eigenvalue weighted by Gasteiger charge is 2.53. The van der Waals surface area contributed by atoms with Crippen LogP contribution in [0.4, 0.5) is 5.69 Å². The van der Waals surface area contributed by atoms with Crippen molar-refractivity contribution in [2.24, 2.45) is 23.7 Å². The molecule has 0 bridgehead atoms. The summed E-state index contributed by atoms with van der Waals surface area (Å²) < 4.78 is 0. The van der Waals surface area contributed by atoms with E-state index in [2.05, 4.69) is 82.9 Å². The molecule has 0 spiro atoms. The lowest BCUT2D eigenvalue weighted by molar-refractivity contribution is -0.920. The van der Waals surface area contributed by atoms with E-state index in [4.69, 9.17) is 0 Å². The van der Waals surface area contributed by atoms with Gasteiger partial charge in [-0.25, -0.2) is 0 Å². The SMILES string of the molecule is CC[NH+]1C2=CC3C(=CC2C(C)CC1(C)C)C(c1ccccc1C(=O)N(C)CCCC(=O)C(C)C)c1cc2c4c(c1C3(C)C)CCCN4CCC2. The quantitative estimate of drug-likeness (QED) is 0.292. The molecular formula is C45H62N3O2+. The third-order valence-electron chi connectivity index (χ3n) is 13.4. The third kappa shape index (κ3) is 5.71. The molecule has 1 saturated heterocycles. The summed E-state index contributed by atoms with van der Waals surface area (Å²) in [6, 6.07) is 11.1. The van der Waals surface area contributed by atoms with Crippen LogP contribution in [-0.4, -0.2) is 55.4 Å². The highest BCUT2D eigenvalue weighted by molar-refractivity contribution is 5.96. The summed E-state index contributed by atoms with van der Waals surface area (Å²) in [6.45, 7) is 22.7. The lowest BCUT2D eigenvalue weighted by Crippen LogP contribution is -3.19. The summed E-state index contributed by atoms with van der Waals surface area (Å²) in [6.07, 6.45) is 12.5. The van der Waals surface area contributed by atoms with Gasteiger partial charge in [-0.15, -0.1) is 0 Å². The smallest absolute Gasteiger partial charge is 0.253 e. The fourth-order valence-corrected chi connectivity index (χ4v) is 11.2. The zero-order chi connectivity index (χ0) is 35.7. The molecule has 2 aromatic rings. The predicted octanol–water partition coefficient (Wildman–Crippen LogP) is 7.67. The zero-order valence-electron chi connectivity index (χ0n) is 32.4. The van der Waals surface area contributed by atoms with Crippen LogP contribution < -0.4 is 9.80 Å². The molecule has 0 aromatic heterocycles. The molecular weight excluding hydrogens is 615 g/mol. The van der Waals surface area contributed by atoms with Crippen LogP contribution >= 0.6 is 0 Å². The average molecular weight is 677 g/mol. The van der Waals surface area contributed by atoms with Crippen molar-refractivity contribution in [3.63, 3.8) is 0 Å². The van der Waals surface area contributed by atoms with Crippen LogP contribution in [0.15, 0.2) is 53.8 Å². The summed E-state index contributed by atoms with van der Waals surface area (Å²) in [7, 11) is 1.91. The number of carbonyl (C=O) groups is 2. The number of anilines is 1. The molecule has 1 amide bonds. The lowest BCUT2D eigenvalue weighted by atomic mass is 9.54. The van der Waals surface area contributed by atoms with E-state index in [1.54, 1.807) is 21.7 Å². The maximum Gasteiger partial charge on any atom is 0.253 e. The second kappa shape index (κ2) is 13.1. The molecule has 5 nitrogen and oxygen atoms in total. The Bertz CT molecular complexity index is 1740. The van der Waals surface area contributed by atoms with Gasteiger partial charge in [-0.2, -0.15) is 0 Å². The normalized spacial score (nSPS) is 27.3. The summed E-state index contributed by atoms with van der Waals surface area (Å²) in [5, 5.41) is 0. The number of amides is 1. The number of ketones is 1. The fraction of sp³-hybridized carbons (Fsp3) is 0.600. The van der Waals surface area contributed by atoms with Crippen LogP contribution in [0.25, 0.3) is 0 Å². The monoisotopic (exact) mass is 676 g/mol. The Morgan fingerprint density at radius 3 is 2.46 bits per heavy atom. The first-order valence-corrected chi connectivity index (χ1v) is 19.9. The van der Waals surface area contributed by atoms with Gasteiger partial charge in [-0.05, 0) is 98.8 Å². The number of aryl methyl sites for hydroxylation is 1. The van der Waals surface area contributed by atoms with Gasteiger partial charge in [-0.1, -0.05) is 70.5 Å². The Hall–Kier alpha value is -3.18. The van der Waals surface area contributed by atoms with Crippen LogP contribution in [0, 0.1) is 23.7 Å². The molecule has 1 N–H and O–H groups in total. The van der Waals surface area contributed by atoms with Crippen molar-refractivity contribution in [3.05, 3.63) is 87.1 Å². The number of hydrogen-bond acceptors (Lipinski definition) is 3. The van der Waals surface area contributed by atoms with E-state index in [1.165, 1.54) is 41.6 Å². The molecule has 5 heteroatoms. The molecule has 2 aliphatic carbocycles. The van der Waals surface area contributed by atoms with Crippen molar-refractivity contribution in [1.82, 2.24) is 4.90 Å². The number of allylic oxidation sites excluding steroid dienone is 3. The van der Waals surface area contributed by atoms with Crippen molar-refractivity contribution < 1.29 is 14.5 Å². The maximum atomic E-state index is 14.5. The molecule has 3 aliphatic heterocycles. The summed E-state index contributed by atoms with van der Waals surface area (Å²) in [4.78, 5) is 33.0. The van der Waals surface area contributed by atoms with Gasteiger partial charge >= 0.3 is 0 Å². The van der Waals surface area contributed by atoms with Crippen molar-refractivity contribution in [2.75, 3.05) is 38.1 Å². The second-order valence-electron chi connectivity index (χ2n) is 17.9. The lowest BCUT2D eigenvalue weighted by Gasteiger charge is -2.53. The summed E-state index contributed by atoms with van der Waals surface area (Å²) in [5.74, 6) is 1.61. The highest BCUT2D eigenvalue weighted by atomic mass is 16.2. The molecule has 1 fully saturated rings. The second-order valence-corrected chi connectivity index (χ2v) is 17.9. The van der Waals surface area contributed by atoms with Gasteiger partial charge in [-0.3, -0.25) is 9.59 Å². The number of rotatable bonds is 8. The molecule has 3 heterocycles. The van der Waals surface area contributed by atoms with Gasteiger partial charge in [0.15, 0.2) is 0 Å². The first kappa shape index (κ1) is 35.2. The van der Waals surface area contributed by atoms with E-state index in [0.717, 1.165) is 43.6 Å². The number of likely N-dealkylation sites (tertiary alicyclic amines) is 1. The Morgan fingerprint density at radius 1 is 1.02 bits per heavy atom. The maximum absolute atomic E-state index is 14.5. The van der Waals surface area contributed by atoms with E-state index in [1.807, 2.05) is 31.9 Å². The van der Waals surface area contributed by atoms with E-state index >= 15 is 0 Å². The van der Waals surface area contributed by atoms with Gasteiger partial charge in [0.05, 0.1) is 18.0 Å². The van der Waals surface area contributed by atoms with E-state index in [-0.39, 0.29) is 40.4 Å². The molecule has 50 heavy (non-hydrogen) atoms. The molecule has 0 saturated carbocycles. The first-order valence-electron chi connectivity index (χ1n) is 19.9. The Labute approximate surface area is 302 Å². The number of nitrogens with one attached hydrogen (secondary N) is 1. The number of Topliss-reactive ketones (excluding diaryl/α,β-unsaturated/α-hetero) is 1. The number of nitrogens with zero attached hydrogens (tertiary/aromatic N) is 2. The average Bonchev–Trinajstić information content (AvgIpc) is 3.07. The first-order chi connectivity index (χ1) is 23.8. The Morgan fingerprint density at radius 2 is 1.74 bits per heavy atom. The highest BCUT2D eigenvalue weighted by Crippen LogP contribution is 2.59. The van der Waals surface area contributed by atoms with Crippen molar-refractivity contribution >= 4 is 17.4 Å².